The second kappa shape index (κ2) is 9.12. The first-order chi connectivity index (χ1) is 10.1. The first-order valence-corrected chi connectivity index (χ1v) is 7.92. The molecule has 1 saturated heterocycles. The molecule has 1 aromatic carbocycles. The van der Waals surface area contributed by atoms with Gasteiger partial charge in [0.15, 0.2) is 0 Å². The van der Waals surface area contributed by atoms with Crippen LogP contribution in [0.15, 0.2) is 28.7 Å². The van der Waals surface area contributed by atoms with Crippen molar-refractivity contribution in [1.82, 2.24) is 10.6 Å². The number of nitrogens with zero attached hydrogens (tertiary/aromatic N) is 1. The number of benzene rings is 1. The van der Waals surface area contributed by atoms with Crippen molar-refractivity contribution in [1.29, 1.82) is 0 Å². The summed E-state index contributed by atoms with van der Waals surface area (Å²) in [5, 5.41) is 5.86. The number of para-hydroxylation sites is 1. The zero-order chi connectivity index (χ0) is 15.2. The molecule has 2 rings (SSSR count). The Hall–Kier alpha value is -1.11. The summed E-state index contributed by atoms with van der Waals surface area (Å²) >= 11 is 3.45. The maximum Gasteiger partial charge on any atom is 0.239 e. The van der Waals surface area contributed by atoms with Gasteiger partial charge in [0.25, 0.3) is 0 Å². The summed E-state index contributed by atoms with van der Waals surface area (Å²) in [4.78, 5) is 26.2. The van der Waals surface area contributed by atoms with Crippen molar-refractivity contribution in [3.05, 3.63) is 28.7 Å². The molecule has 2 N–H and O–H groups in total. The Morgan fingerprint density at radius 2 is 2.09 bits per heavy atom. The molecule has 1 atom stereocenters. The van der Waals surface area contributed by atoms with Crippen LogP contribution in [0, 0.1) is 5.92 Å². The van der Waals surface area contributed by atoms with Crippen molar-refractivity contribution in [2.45, 2.75) is 12.8 Å². The predicted molar refractivity (Wildman–Crippen MR) is 93.4 cm³/mol. The number of hydrogen-bond donors (Lipinski definition) is 2. The number of hydrogen-bond acceptors (Lipinski definition) is 3. The Labute approximate surface area is 145 Å². The molecule has 1 heterocycles. The summed E-state index contributed by atoms with van der Waals surface area (Å²) in [6, 6.07) is 7.57. The summed E-state index contributed by atoms with van der Waals surface area (Å²) in [7, 11) is 1.87. The topological polar surface area (TPSA) is 61.4 Å². The van der Waals surface area contributed by atoms with Crippen LogP contribution in [0.3, 0.4) is 0 Å². The van der Waals surface area contributed by atoms with Crippen LogP contribution in [0.2, 0.25) is 0 Å². The van der Waals surface area contributed by atoms with Crippen LogP contribution in [-0.4, -0.2) is 38.5 Å². The van der Waals surface area contributed by atoms with Crippen molar-refractivity contribution in [2.24, 2.45) is 5.92 Å². The number of nitrogens with one attached hydrogen (secondary N) is 2. The van der Waals surface area contributed by atoms with Gasteiger partial charge in [-0.05, 0) is 54.5 Å². The fourth-order valence-corrected chi connectivity index (χ4v) is 2.93. The second-order valence-corrected chi connectivity index (χ2v) is 5.89. The van der Waals surface area contributed by atoms with Crippen molar-refractivity contribution < 1.29 is 9.59 Å². The molecule has 122 valence electrons. The molecule has 0 aliphatic carbocycles. The van der Waals surface area contributed by atoms with Gasteiger partial charge in [-0.2, -0.15) is 0 Å². The monoisotopic (exact) mass is 389 g/mol. The molecule has 0 radical (unpaired) electrons. The highest BCUT2D eigenvalue weighted by Crippen LogP contribution is 2.31. The lowest BCUT2D eigenvalue weighted by Gasteiger charge is -2.18. The maximum absolute atomic E-state index is 12.4. The van der Waals surface area contributed by atoms with E-state index in [-0.39, 0.29) is 24.2 Å². The molecule has 7 heteroatoms. The van der Waals surface area contributed by atoms with E-state index in [0.717, 1.165) is 23.1 Å². The quantitative estimate of drug-likeness (QED) is 0.576. The van der Waals surface area contributed by atoms with Crippen molar-refractivity contribution in [3.63, 3.8) is 0 Å². The minimum atomic E-state index is -0.563. The molecule has 5 nitrogen and oxygen atoms in total. The van der Waals surface area contributed by atoms with E-state index in [9.17, 15) is 9.59 Å². The first-order valence-electron chi connectivity index (χ1n) is 7.13. The van der Waals surface area contributed by atoms with Gasteiger partial charge in [-0.1, -0.05) is 12.1 Å². The molecule has 1 aliphatic heterocycles. The highest BCUT2D eigenvalue weighted by atomic mass is 79.9. The van der Waals surface area contributed by atoms with Gasteiger partial charge in [-0.25, -0.2) is 0 Å². The van der Waals surface area contributed by atoms with Gasteiger partial charge in [-0.15, -0.1) is 12.4 Å². The van der Waals surface area contributed by atoms with Gasteiger partial charge >= 0.3 is 0 Å². The number of halogens is 2. The van der Waals surface area contributed by atoms with Crippen LogP contribution < -0.4 is 15.5 Å². The van der Waals surface area contributed by atoms with Crippen LogP contribution in [0.5, 0.6) is 0 Å². The summed E-state index contributed by atoms with van der Waals surface area (Å²) in [6.45, 7) is 2.02. The van der Waals surface area contributed by atoms with Crippen LogP contribution in [-0.2, 0) is 9.59 Å². The number of rotatable bonds is 6. The third-order valence-electron chi connectivity index (χ3n) is 3.57. The maximum atomic E-state index is 12.4. The normalized spacial score (nSPS) is 17.3. The zero-order valence-corrected chi connectivity index (χ0v) is 14.9. The van der Waals surface area contributed by atoms with Crippen molar-refractivity contribution in [3.8, 4) is 0 Å². The van der Waals surface area contributed by atoms with E-state index < -0.39 is 5.92 Å². The number of amides is 2. The fourth-order valence-electron chi connectivity index (χ4n) is 2.43. The Kier molecular flexibility index (Phi) is 7.85. The number of carbonyl (C=O) groups excluding carboxylic acids is 2. The van der Waals surface area contributed by atoms with Gasteiger partial charge in [-0.3, -0.25) is 9.59 Å². The molecule has 2 amide bonds. The fraction of sp³-hybridized carbons (Fsp3) is 0.467. The Morgan fingerprint density at radius 3 is 2.77 bits per heavy atom. The van der Waals surface area contributed by atoms with Crippen LogP contribution in [0.25, 0.3) is 0 Å². The zero-order valence-electron chi connectivity index (χ0n) is 12.5. The molecule has 0 saturated carbocycles. The van der Waals surface area contributed by atoms with Crippen LogP contribution >= 0.6 is 28.3 Å². The van der Waals surface area contributed by atoms with E-state index in [1.54, 1.807) is 4.90 Å². The molecule has 0 spiro atoms. The summed E-state index contributed by atoms with van der Waals surface area (Å²) in [5.41, 5.74) is 0.827. The molecule has 0 aromatic heterocycles. The third kappa shape index (κ3) is 4.44. The first kappa shape index (κ1) is 18.9. The van der Waals surface area contributed by atoms with Crippen LogP contribution in [0.4, 0.5) is 5.69 Å². The molecular weight excluding hydrogens is 370 g/mol. The van der Waals surface area contributed by atoms with E-state index in [2.05, 4.69) is 26.6 Å². The predicted octanol–water partition coefficient (Wildman–Crippen LogP) is 1.95. The average Bonchev–Trinajstić information content (AvgIpc) is 2.86. The van der Waals surface area contributed by atoms with E-state index >= 15 is 0 Å². The lowest BCUT2D eigenvalue weighted by atomic mass is 10.1. The third-order valence-corrected chi connectivity index (χ3v) is 4.24. The van der Waals surface area contributed by atoms with Gasteiger partial charge in [0.1, 0.15) is 5.92 Å². The molecule has 1 unspecified atom stereocenters. The van der Waals surface area contributed by atoms with Crippen molar-refractivity contribution >= 4 is 45.8 Å². The molecule has 0 bridgehead atoms. The minimum absolute atomic E-state index is 0. The van der Waals surface area contributed by atoms with Gasteiger partial charge in [0.2, 0.25) is 11.8 Å². The highest BCUT2D eigenvalue weighted by molar-refractivity contribution is 9.10. The van der Waals surface area contributed by atoms with Crippen LogP contribution in [0.1, 0.15) is 12.8 Å². The molecule has 1 aliphatic rings. The largest absolute Gasteiger partial charge is 0.355 e. The van der Waals surface area contributed by atoms with E-state index in [1.807, 2.05) is 31.3 Å². The van der Waals surface area contributed by atoms with Crippen molar-refractivity contribution in [2.75, 3.05) is 31.6 Å². The van der Waals surface area contributed by atoms with E-state index in [0.29, 0.717) is 19.5 Å². The van der Waals surface area contributed by atoms with E-state index in [4.69, 9.17) is 0 Å². The van der Waals surface area contributed by atoms with E-state index in [1.165, 1.54) is 0 Å². The molecule has 1 aromatic rings. The summed E-state index contributed by atoms with van der Waals surface area (Å²) < 4.78 is 0.869. The minimum Gasteiger partial charge on any atom is -0.355 e. The SMILES string of the molecule is CNCCCNC(=O)C1CCN(c2ccccc2Br)C1=O.Cl. The lowest BCUT2D eigenvalue weighted by Crippen LogP contribution is -2.37. The Bertz CT molecular complexity index is 527. The number of anilines is 1. The Balaban J connectivity index is 0.00000242. The average molecular weight is 391 g/mol. The highest BCUT2D eigenvalue weighted by Gasteiger charge is 2.37. The van der Waals surface area contributed by atoms with Gasteiger partial charge in [0, 0.05) is 17.6 Å². The lowest BCUT2D eigenvalue weighted by molar-refractivity contribution is -0.132. The summed E-state index contributed by atoms with van der Waals surface area (Å²) in [5.74, 6) is -0.842. The van der Waals surface area contributed by atoms with Gasteiger partial charge < -0.3 is 15.5 Å². The molecule has 22 heavy (non-hydrogen) atoms. The standard InChI is InChI=1S/C15H20BrN3O2.ClH/c1-17-8-4-9-18-14(20)11-7-10-19(15(11)21)13-6-3-2-5-12(13)16;/h2-3,5-6,11,17H,4,7-10H2,1H3,(H,18,20);1H. The smallest absolute Gasteiger partial charge is 0.239 e. The summed E-state index contributed by atoms with van der Waals surface area (Å²) in [6.07, 6.45) is 1.43. The molecular formula is C15H21BrClN3O2. The number of carbonyl (C=O) groups is 2. The van der Waals surface area contributed by atoms with Gasteiger partial charge in [0.05, 0.1) is 5.69 Å². The second-order valence-electron chi connectivity index (χ2n) is 5.03. The molecule has 1 fully saturated rings. The Morgan fingerprint density at radius 1 is 1.36 bits per heavy atom.